The Hall–Kier alpha value is -1.86. The van der Waals surface area contributed by atoms with Crippen molar-refractivity contribution in [1.29, 1.82) is 0 Å². The molecule has 2 amide bonds. The number of amides is 2. The van der Waals surface area contributed by atoms with Crippen LogP contribution in [0.1, 0.15) is 32.1 Å². The summed E-state index contributed by atoms with van der Waals surface area (Å²) >= 11 is 11.4. The van der Waals surface area contributed by atoms with Gasteiger partial charge in [-0.25, -0.2) is 0 Å². The molecule has 3 atom stereocenters. The number of anilines is 1. The normalized spacial score (nSPS) is 25.1. The van der Waals surface area contributed by atoms with Crippen LogP contribution in [0.3, 0.4) is 0 Å². The molecule has 1 saturated heterocycles. The Morgan fingerprint density at radius 1 is 1.38 bits per heavy atom. The Morgan fingerprint density at radius 2 is 2.15 bits per heavy atom. The topological polar surface area (TPSA) is 73.5 Å². The average Bonchev–Trinajstić information content (AvgIpc) is 2.61. The van der Waals surface area contributed by atoms with Gasteiger partial charge in [-0.2, -0.15) is 0 Å². The van der Waals surface area contributed by atoms with E-state index in [1.807, 2.05) is 4.90 Å². The molecule has 6 nitrogen and oxygen atoms in total. The van der Waals surface area contributed by atoms with E-state index in [-0.39, 0.29) is 30.3 Å². The third-order valence-electron chi connectivity index (χ3n) is 4.99. The molecule has 1 aromatic rings. The maximum Gasteiger partial charge on any atom is 0.243 e. The molecule has 1 heterocycles. The van der Waals surface area contributed by atoms with Crippen molar-refractivity contribution in [2.24, 2.45) is 0 Å². The Balaban J connectivity index is 1.75. The number of benzene rings is 1. The lowest BCUT2D eigenvalue weighted by molar-refractivity contribution is -0.134. The van der Waals surface area contributed by atoms with Crippen molar-refractivity contribution in [3.8, 4) is 0 Å². The molecule has 8 heteroatoms. The zero-order chi connectivity index (χ0) is 18.7. The highest BCUT2D eigenvalue weighted by Gasteiger charge is 2.44. The third-order valence-corrected chi connectivity index (χ3v) is 5.64. The van der Waals surface area contributed by atoms with Crippen LogP contribution in [0.4, 0.5) is 5.69 Å². The zero-order valence-corrected chi connectivity index (χ0v) is 16.2. The van der Waals surface area contributed by atoms with Gasteiger partial charge in [0.25, 0.3) is 0 Å². The number of halogens is 1. The molecular weight excluding hydrogens is 372 g/mol. The van der Waals surface area contributed by atoms with Gasteiger partial charge in [-0.1, -0.05) is 30.5 Å². The summed E-state index contributed by atoms with van der Waals surface area (Å²) in [6.45, 7) is 0. The first-order chi connectivity index (χ1) is 12.5. The molecule has 0 aromatic heterocycles. The zero-order valence-electron chi connectivity index (χ0n) is 14.6. The highest BCUT2D eigenvalue weighted by atomic mass is 35.5. The van der Waals surface area contributed by atoms with Crippen LogP contribution in [0.15, 0.2) is 24.3 Å². The SMILES string of the molecule is CNC(=S)N1[C@@H](CC(=O)Nc2cccc(Cl)c2)C(=O)N[C@@H]2CCCC[C@@H]21. The summed E-state index contributed by atoms with van der Waals surface area (Å²) in [7, 11) is 1.75. The highest BCUT2D eigenvalue weighted by molar-refractivity contribution is 7.80. The van der Waals surface area contributed by atoms with E-state index in [1.165, 1.54) is 0 Å². The van der Waals surface area contributed by atoms with E-state index in [1.54, 1.807) is 31.3 Å². The van der Waals surface area contributed by atoms with E-state index >= 15 is 0 Å². The number of piperazine rings is 1. The molecule has 1 aliphatic carbocycles. The number of nitrogens with one attached hydrogen (secondary N) is 3. The number of hydrogen-bond donors (Lipinski definition) is 3. The van der Waals surface area contributed by atoms with Crippen LogP contribution in [0.2, 0.25) is 5.02 Å². The molecule has 2 aliphatic rings. The van der Waals surface area contributed by atoms with Gasteiger partial charge in [-0.05, 0) is 43.3 Å². The molecule has 3 N–H and O–H groups in total. The predicted molar refractivity (Wildman–Crippen MR) is 106 cm³/mol. The van der Waals surface area contributed by atoms with E-state index in [0.29, 0.717) is 15.8 Å². The fraction of sp³-hybridized carbons (Fsp3) is 0.500. The molecule has 140 valence electrons. The number of nitrogens with zero attached hydrogens (tertiary/aromatic N) is 1. The highest BCUT2D eigenvalue weighted by Crippen LogP contribution is 2.29. The molecular formula is C18H23ClN4O2S. The summed E-state index contributed by atoms with van der Waals surface area (Å²) < 4.78 is 0. The Kier molecular flexibility index (Phi) is 5.98. The lowest BCUT2D eigenvalue weighted by Gasteiger charge is -2.49. The third kappa shape index (κ3) is 4.10. The van der Waals surface area contributed by atoms with Crippen molar-refractivity contribution in [3.63, 3.8) is 0 Å². The number of thiocarbonyl (C=S) groups is 1. The molecule has 3 rings (SSSR count). The first kappa shape index (κ1) is 18.9. The van der Waals surface area contributed by atoms with Crippen molar-refractivity contribution in [2.45, 2.75) is 50.2 Å². The fourth-order valence-corrected chi connectivity index (χ4v) is 4.27. The van der Waals surface area contributed by atoms with Crippen LogP contribution >= 0.6 is 23.8 Å². The standard InChI is InChI=1S/C18H23ClN4O2S/c1-20-18(26)23-14-8-3-2-7-13(14)22-17(25)15(23)10-16(24)21-12-6-4-5-11(19)9-12/h4-6,9,13-15H,2-3,7-8,10H2,1H3,(H,20,26)(H,21,24)(H,22,25)/t13-,14+,15+/m1/s1. The molecule has 0 radical (unpaired) electrons. The lowest BCUT2D eigenvalue weighted by atomic mass is 9.85. The van der Waals surface area contributed by atoms with Gasteiger partial charge in [-0.3, -0.25) is 9.59 Å². The molecule has 1 aromatic carbocycles. The maximum atomic E-state index is 12.7. The number of rotatable bonds is 3. The number of hydrogen-bond acceptors (Lipinski definition) is 3. The molecule has 2 fully saturated rings. The van der Waals surface area contributed by atoms with Gasteiger partial charge in [0.1, 0.15) is 6.04 Å². The van der Waals surface area contributed by atoms with E-state index < -0.39 is 6.04 Å². The minimum atomic E-state index is -0.617. The van der Waals surface area contributed by atoms with Crippen molar-refractivity contribution >= 4 is 46.4 Å². The van der Waals surface area contributed by atoms with E-state index in [2.05, 4.69) is 16.0 Å². The van der Waals surface area contributed by atoms with Crippen LogP contribution in [0, 0.1) is 0 Å². The molecule has 26 heavy (non-hydrogen) atoms. The monoisotopic (exact) mass is 394 g/mol. The minimum absolute atomic E-state index is 0.0311. The second kappa shape index (κ2) is 8.22. The van der Waals surface area contributed by atoms with Gasteiger partial charge in [0.2, 0.25) is 11.8 Å². The second-order valence-electron chi connectivity index (χ2n) is 6.71. The molecule has 0 spiro atoms. The number of carbonyl (C=O) groups excluding carboxylic acids is 2. The van der Waals surface area contributed by atoms with Gasteiger partial charge >= 0.3 is 0 Å². The van der Waals surface area contributed by atoms with Gasteiger partial charge in [-0.15, -0.1) is 0 Å². The quantitative estimate of drug-likeness (QED) is 0.686. The van der Waals surface area contributed by atoms with Crippen molar-refractivity contribution < 1.29 is 9.59 Å². The minimum Gasteiger partial charge on any atom is -0.366 e. The van der Waals surface area contributed by atoms with Crippen LogP contribution in [0.25, 0.3) is 0 Å². The molecule has 1 saturated carbocycles. The van der Waals surface area contributed by atoms with Gasteiger partial charge in [0.15, 0.2) is 5.11 Å². The number of carbonyl (C=O) groups is 2. The first-order valence-electron chi connectivity index (χ1n) is 8.85. The van der Waals surface area contributed by atoms with E-state index in [9.17, 15) is 9.59 Å². The van der Waals surface area contributed by atoms with Crippen LogP contribution < -0.4 is 16.0 Å². The summed E-state index contributed by atoms with van der Waals surface area (Å²) in [6, 6.07) is 6.54. The van der Waals surface area contributed by atoms with Crippen molar-refractivity contribution in [2.75, 3.05) is 12.4 Å². The molecule has 0 bridgehead atoms. The van der Waals surface area contributed by atoms with Crippen LogP contribution in [-0.2, 0) is 9.59 Å². The Morgan fingerprint density at radius 3 is 2.88 bits per heavy atom. The van der Waals surface area contributed by atoms with E-state index in [4.69, 9.17) is 23.8 Å². The average molecular weight is 395 g/mol. The summed E-state index contributed by atoms with van der Waals surface area (Å²) in [5.74, 6) is -0.391. The van der Waals surface area contributed by atoms with Crippen LogP contribution in [-0.4, -0.2) is 47.0 Å². The van der Waals surface area contributed by atoms with Crippen LogP contribution in [0.5, 0.6) is 0 Å². The number of fused-ring (bicyclic) bond motifs is 1. The molecule has 1 aliphatic heterocycles. The second-order valence-corrected chi connectivity index (χ2v) is 7.53. The predicted octanol–water partition coefficient (Wildman–Crippen LogP) is 2.28. The molecule has 0 unspecified atom stereocenters. The van der Waals surface area contributed by atoms with Gasteiger partial charge in [0.05, 0.1) is 12.5 Å². The maximum absolute atomic E-state index is 12.7. The Labute approximate surface area is 163 Å². The summed E-state index contributed by atoms with van der Waals surface area (Å²) in [5.41, 5.74) is 0.608. The van der Waals surface area contributed by atoms with E-state index in [0.717, 1.165) is 25.7 Å². The van der Waals surface area contributed by atoms with Gasteiger partial charge < -0.3 is 20.9 Å². The van der Waals surface area contributed by atoms with Gasteiger partial charge in [0, 0.05) is 23.8 Å². The fourth-order valence-electron chi connectivity index (χ4n) is 3.82. The summed E-state index contributed by atoms with van der Waals surface area (Å²) in [6.07, 6.45) is 4.13. The summed E-state index contributed by atoms with van der Waals surface area (Å²) in [4.78, 5) is 27.1. The lowest BCUT2D eigenvalue weighted by Crippen LogP contribution is -2.69. The largest absolute Gasteiger partial charge is 0.366 e. The smallest absolute Gasteiger partial charge is 0.243 e. The summed E-state index contributed by atoms with van der Waals surface area (Å²) in [5, 5.41) is 9.92. The van der Waals surface area contributed by atoms with Crippen molar-refractivity contribution in [1.82, 2.24) is 15.5 Å². The van der Waals surface area contributed by atoms with Crippen molar-refractivity contribution in [3.05, 3.63) is 29.3 Å². The Bertz CT molecular complexity index is 714. The first-order valence-corrected chi connectivity index (χ1v) is 9.64.